The number of piperidine rings is 1. The highest BCUT2D eigenvalue weighted by Crippen LogP contribution is 2.19. The van der Waals surface area contributed by atoms with Crippen molar-refractivity contribution >= 4 is 18.3 Å². The SMILES string of the molecule is CNCC(=O)NCC1CCCCN1Cc1ccccc1.Cl. The van der Waals surface area contributed by atoms with Crippen molar-refractivity contribution in [2.75, 3.05) is 26.7 Å². The van der Waals surface area contributed by atoms with Crippen LogP contribution in [0.5, 0.6) is 0 Å². The Morgan fingerprint density at radius 1 is 1.29 bits per heavy atom. The summed E-state index contributed by atoms with van der Waals surface area (Å²) < 4.78 is 0. The fourth-order valence-corrected chi connectivity index (χ4v) is 2.77. The maximum atomic E-state index is 11.6. The van der Waals surface area contributed by atoms with Crippen molar-refractivity contribution in [3.05, 3.63) is 35.9 Å². The Labute approximate surface area is 133 Å². The van der Waals surface area contributed by atoms with Gasteiger partial charge in [-0.3, -0.25) is 9.69 Å². The molecule has 1 unspecified atom stereocenters. The summed E-state index contributed by atoms with van der Waals surface area (Å²) in [6.45, 7) is 3.26. The predicted molar refractivity (Wildman–Crippen MR) is 88.7 cm³/mol. The van der Waals surface area contributed by atoms with Gasteiger partial charge in [-0.25, -0.2) is 0 Å². The summed E-state index contributed by atoms with van der Waals surface area (Å²) in [6, 6.07) is 11.0. The molecule has 1 saturated heterocycles. The molecule has 1 aromatic rings. The molecule has 21 heavy (non-hydrogen) atoms. The van der Waals surface area contributed by atoms with E-state index in [1.165, 1.54) is 24.8 Å². The molecule has 0 saturated carbocycles. The molecule has 1 fully saturated rings. The van der Waals surface area contributed by atoms with Crippen LogP contribution in [-0.4, -0.2) is 43.5 Å². The number of likely N-dealkylation sites (N-methyl/N-ethyl adjacent to an activating group) is 1. The van der Waals surface area contributed by atoms with Gasteiger partial charge in [-0.05, 0) is 32.0 Å². The zero-order chi connectivity index (χ0) is 14.2. The highest BCUT2D eigenvalue weighted by Gasteiger charge is 2.22. The first-order valence-electron chi connectivity index (χ1n) is 7.49. The van der Waals surface area contributed by atoms with Gasteiger partial charge in [-0.2, -0.15) is 0 Å². The van der Waals surface area contributed by atoms with E-state index in [-0.39, 0.29) is 18.3 Å². The molecule has 1 aromatic carbocycles. The van der Waals surface area contributed by atoms with Crippen molar-refractivity contribution in [2.45, 2.75) is 31.8 Å². The number of rotatable bonds is 6. The molecule has 118 valence electrons. The number of benzene rings is 1. The van der Waals surface area contributed by atoms with Crippen LogP contribution in [0.4, 0.5) is 0 Å². The van der Waals surface area contributed by atoms with Gasteiger partial charge in [0.25, 0.3) is 0 Å². The summed E-state index contributed by atoms with van der Waals surface area (Å²) in [5.41, 5.74) is 1.35. The lowest BCUT2D eigenvalue weighted by atomic mass is 10.0. The van der Waals surface area contributed by atoms with Gasteiger partial charge in [0.15, 0.2) is 0 Å². The summed E-state index contributed by atoms with van der Waals surface area (Å²) in [7, 11) is 1.79. The number of nitrogens with one attached hydrogen (secondary N) is 2. The van der Waals surface area contributed by atoms with Crippen LogP contribution in [0.15, 0.2) is 30.3 Å². The van der Waals surface area contributed by atoms with Crippen molar-refractivity contribution in [3.8, 4) is 0 Å². The van der Waals surface area contributed by atoms with Gasteiger partial charge >= 0.3 is 0 Å². The minimum absolute atomic E-state index is 0. The lowest BCUT2D eigenvalue weighted by Crippen LogP contribution is -2.47. The monoisotopic (exact) mass is 311 g/mol. The second-order valence-corrected chi connectivity index (χ2v) is 5.44. The Kier molecular flexibility index (Phi) is 8.35. The van der Waals surface area contributed by atoms with E-state index in [1.54, 1.807) is 7.05 Å². The number of carbonyl (C=O) groups excluding carboxylic acids is 1. The largest absolute Gasteiger partial charge is 0.353 e. The number of nitrogens with zero attached hydrogens (tertiary/aromatic N) is 1. The normalized spacial score (nSPS) is 18.8. The van der Waals surface area contributed by atoms with Crippen LogP contribution in [0.3, 0.4) is 0 Å². The van der Waals surface area contributed by atoms with Crippen molar-refractivity contribution in [1.82, 2.24) is 15.5 Å². The Morgan fingerprint density at radius 2 is 2.05 bits per heavy atom. The lowest BCUT2D eigenvalue weighted by molar-refractivity contribution is -0.120. The summed E-state index contributed by atoms with van der Waals surface area (Å²) in [6.07, 6.45) is 3.69. The van der Waals surface area contributed by atoms with E-state index in [1.807, 2.05) is 0 Å². The number of carbonyl (C=O) groups is 1. The number of halogens is 1. The first-order valence-corrected chi connectivity index (χ1v) is 7.49. The first-order chi connectivity index (χ1) is 9.79. The maximum Gasteiger partial charge on any atom is 0.234 e. The molecule has 1 heterocycles. The van der Waals surface area contributed by atoms with Gasteiger partial charge < -0.3 is 10.6 Å². The van der Waals surface area contributed by atoms with E-state index in [4.69, 9.17) is 0 Å². The molecule has 0 aliphatic carbocycles. The average molecular weight is 312 g/mol. The molecule has 0 aromatic heterocycles. The molecule has 0 spiro atoms. The highest BCUT2D eigenvalue weighted by molar-refractivity contribution is 5.85. The van der Waals surface area contributed by atoms with Gasteiger partial charge in [-0.1, -0.05) is 36.8 Å². The van der Waals surface area contributed by atoms with Crippen LogP contribution in [0.1, 0.15) is 24.8 Å². The molecule has 1 amide bonds. The van der Waals surface area contributed by atoms with Crippen LogP contribution in [0.25, 0.3) is 0 Å². The predicted octanol–water partition coefficient (Wildman–Crippen LogP) is 1.80. The van der Waals surface area contributed by atoms with Gasteiger partial charge in [-0.15, -0.1) is 12.4 Å². The molecule has 0 radical (unpaired) electrons. The third-order valence-corrected chi connectivity index (χ3v) is 3.85. The molecule has 1 aliphatic rings. The molecule has 4 nitrogen and oxygen atoms in total. The Morgan fingerprint density at radius 3 is 2.76 bits per heavy atom. The van der Waals surface area contributed by atoms with Crippen LogP contribution in [0.2, 0.25) is 0 Å². The summed E-state index contributed by atoms with van der Waals surface area (Å²) >= 11 is 0. The minimum Gasteiger partial charge on any atom is -0.353 e. The first kappa shape index (κ1) is 18.0. The van der Waals surface area contributed by atoms with E-state index in [9.17, 15) is 4.79 Å². The van der Waals surface area contributed by atoms with E-state index in [0.717, 1.165) is 19.6 Å². The number of hydrogen-bond donors (Lipinski definition) is 2. The summed E-state index contributed by atoms with van der Waals surface area (Å²) in [5.74, 6) is 0.0812. The van der Waals surface area contributed by atoms with E-state index in [2.05, 4.69) is 45.9 Å². The Bertz CT molecular complexity index is 413. The lowest BCUT2D eigenvalue weighted by Gasteiger charge is -2.35. The number of likely N-dealkylation sites (tertiary alicyclic amines) is 1. The molecule has 2 N–H and O–H groups in total. The smallest absolute Gasteiger partial charge is 0.234 e. The summed E-state index contributed by atoms with van der Waals surface area (Å²) in [5, 5.41) is 5.91. The van der Waals surface area contributed by atoms with Gasteiger partial charge in [0, 0.05) is 19.1 Å². The maximum absolute atomic E-state index is 11.6. The van der Waals surface area contributed by atoms with Crippen molar-refractivity contribution < 1.29 is 4.79 Å². The third kappa shape index (κ3) is 6.04. The topological polar surface area (TPSA) is 44.4 Å². The second kappa shape index (κ2) is 9.77. The van der Waals surface area contributed by atoms with E-state index in [0.29, 0.717) is 12.6 Å². The fraction of sp³-hybridized carbons (Fsp3) is 0.562. The van der Waals surface area contributed by atoms with Crippen LogP contribution in [-0.2, 0) is 11.3 Å². The van der Waals surface area contributed by atoms with Gasteiger partial charge in [0.2, 0.25) is 5.91 Å². The van der Waals surface area contributed by atoms with E-state index >= 15 is 0 Å². The van der Waals surface area contributed by atoms with Crippen LogP contribution < -0.4 is 10.6 Å². The standard InChI is InChI=1S/C16H25N3O.ClH/c1-17-12-16(20)18-11-15-9-5-6-10-19(15)13-14-7-3-2-4-8-14;/h2-4,7-8,15,17H,5-6,9-13H2,1H3,(H,18,20);1H. The number of hydrogen-bond acceptors (Lipinski definition) is 3. The zero-order valence-corrected chi connectivity index (χ0v) is 13.5. The Balaban J connectivity index is 0.00000220. The van der Waals surface area contributed by atoms with Crippen LogP contribution in [0, 0.1) is 0 Å². The molecule has 2 rings (SSSR count). The molecule has 0 bridgehead atoms. The molecule has 5 heteroatoms. The van der Waals surface area contributed by atoms with Gasteiger partial charge in [0.05, 0.1) is 6.54 Å². The van der Waals surface area contributed by atoms with Crippen LogP contribution >= 0.6 is 12.4 Å². The number of amides is 1. The van der Waals surface area contributed by atoms with E-state index < -0.39 is 0 Å². The average Bonchev–Trinajstić information content (AvgIpc) is 2.48. The molecule has 1 aliphatic heterocycles. The second-order valence-electron chi connectivity index (χ2n) is 5.44. The minimum atomic E-state index is 0. The van der Waals surface area contributed by atoms with Gasteiger partial charge in [0.1, 0.15) is 0 Å². The highest BCUT2D eigenvalue weighted by atomic mass is 35.5. The summed E-state index contributed by atoms with van der Waals surface area (Å²) in [4.78, 5) is 14.1. The van der Waals surface area contributed by atoms with Crippen molar-refractivity contribution in [2.24, 2.45) is 0 Å². The van der Waals surface area contributed by atoms with Crippen molar-refractivity contribution in [3.63, 3.8) is 0 Å². The molecule has 1 atom stereocenters. The fourth-order valence-electron chi connectivity index (χ4n) is 2.77. The third-order valence-electron chi connectivity index (χ3n) is 3.85. The zero-order valence-electron chi connectivity index (χ0n) is 12.7. The van der Waals surface area contributed by atoms with Crippen molar-refractivity contribution in [1.29, 1.82) is 0 Å². The molecular formula is C16H26ClN3O. The Hall–Kier alpha value is -1.10. The molecular weight excluding hydrogens is 286 g/mol. The quantitative estimate of drug-likeness (QED) is 0.842.